The van der Waals surface area contributed by atoms with Crippen LogP contribution in [0.2, 0.25) is 10.0 Å². The van der Waals surface area contributed by atoms with E-state index in [2.05, 4.69) is 4.98 Å². The van der Waals surface area contributed by atoms with E-state index in [1.807, 2.05) is 0 Å². The number of carboxylic acid groups (broad SMARTS) is 1. The molecule has 2 atom stereocenters. The van der Waals surface area contributed by atoms with E-state index in [0.717, 1.165) is 6.07 Å². The van der Waals surface area contributed by atoms with Crippen LogP contribution < -0.4 is 0 Å². The fourth-order valence-electron chi connectivity index (χ4n) is 5.14. The number of benzene rings is 3. The molecule has 0 radical (unpaired) electrons. The number of carbonyl (C=O) groups is 3. The van der Waals surface area contributed by atoms with Gasteiger partial charge in [-0.3, -0.25) is 24.3 Å². The summed E-state index contributed by atoms with van der Waals surface area (Å²) in [5.41, 5.74) is -1.43. The summed E-state index contributed by atoms with van der Waals surface area (Å²) in [6.45, 7) is 0. The standard InChI is InChI=1S/C30H21Cl2FN2O5/c1-40-30(19-7-11-21(32)12-8-19)27-22(14-18(15-23(27)33)28(38)24-4-2-3-13-34-24)29(39)35(30)25(16-26(36)37)17-5-9-20(31)10-6-17/h2-15,25H,16H2,1H3,(H,36,37)/t25?,30-/m1/s1. The second kappa shape index (κ2) is 10.8. The zero-order valence-corrected chi connectivity index (χ0v) is 22.5. The van der Waals surface area contributed by atoms with Crippen LogP contribution in [0, 0.1) is 5.82 Å². The number of fused-ring (bicyclic) bond motifs is 1. The van der Waals surface area contributed by atoms with Gasteiger partial charge >= 0.3 is 5.97 Å². The largest absolute Gasteiger partial charge is 0.481 e. The maximum atomic E-state index is 16.2. The van der Waals surface area contributed by atoms with E-state index in [1.165, 1.54) is 30.3 Å². The monoisotopic (exact) mass is 578 g/mol. The van der Waals surface area contributed by atoms with Crippen LogP contribution in [0.3, 0.4) is 0 Å². The number of hydrogen-bond donors (Lipinski definition) is 1. The van der Waals surface area contributed by atoms with Gasteiger partial charge in [0.25, 0.3) is 5.91 Å². The van der Waals surface area contributed by atoms with Crippen molar-refractivity contribution in [3.63, 3.8) is 0 Å². The first-order valence-corrected chi connectivity index (χ1v) is 12.8. The topological polar surface area (TPSA) is 96.8 Å². The number of carbonyl (C=O) groups excluding carboxylic acids is 2. The SMILES string of the molecule is CO[C@]1(c2ccc(Cl)cc2)c2c(F)cc(C(=O)c3ccccn3)cc2C(=O)N1C(CC(=O)O)c1ccc(Cl)cc1. The summed E-state index contributed by atoms with van der Waals surface area (Å²) in [7, 11) is 1.30. The van der Waals surface area contributed by atoms with E-state index in [0.29, 0.717) is 21.2 Å². The molecule has 0 spiro atoms. The van der Waals surface area contributed by atoms with Gasteiger partial charge in [0.1, 0.15) is 11.5 Å². The first kappa shape index (κ1) is 27.5. The number of carboxylic acids is 1. The number of hydrogen-bond acceptors (Lipinski definition) is 5. The van der Waals surface area contributed by atoms with Crippen molar-refractivity contribution in [3.8, 4) is 0 Å². The van der Waals surface area contributed by atoms with Crippen LogP contribution >= 0.6 is 23.2 Å². The number of aromatic nitrogens is 1. The third-order valence-electron chi connectivity index (χ3n) is 6.84. The van der Waals surface area contributed by atoms with Crippen LogP contribution in [-0.2, 0) is 15.3 Å². The summed E-state index contributed by atoms with van der Waals surface area (Å²) in [4.78, 5) is 44.7. The van der Waals surface area contributed by atoms with E-state index in [9.17, 15) is 19.5 Å². The zero-order valence-electron chi connectivity index (χ0n) is 21.0. The lowest BCUT2D eigenvalue weighted by molar-refractivity contribution is -0.142. The number of pyridine rings is 1. The van der Waals surface area contributed by atoms with Gasteiger partial charge in [0.15, 0.2) is 5.72 Å². The minimum atomic E-state index is -1.90. The quantitative estimate of drug-likeness (QED) is 0.247. The van der Waals surface area contributed by atoms with Gasteiger partial charge in [0.05, 0.1) is 23.6 Å². The average molecular weight is 579 g/mol. The van der Waals surface area contributed by atoms with E-state index in [1.54, 1.807) is 60.7 Å². The van der Waals surface area contributed by atoms with Crippen LogP contribution in [0.15, 0.2) is 85.1 Å². The van der Waals surface area contributed by atoms with Gasteiger partial charge in [-0.25, -0.2) is 4.39 Å². The molecular weight excluding hydrogens is 558 g/mol. The Kier molecular flexibility index (Phi) is 7.42. The van der Waals surface area contributed by atoms with Crippen LogP contribution in [0.25, 0.3) is 0 Å². The second-order valence-corrected chi connectivity index (χ2v) is 9.99. The number of nitrogens with zero attached hydrogens (tertiary/aromatic N) is 2. The molecule has 7 nitrogen and oxygen atoms in total. The first-order valence-electron chi connectivity index (χ1n) is 12.1. The Morgan fingerprint density at radius 1 is 1.02 bits per heavy atom. The molecule has 3 aromatic carbocycles. The number of halogens is 3. The zero-order chi connectivity index (χ0) is 28.6. The molecule has 1 N–H and O–H groups in total. The van der Waals surface area contributed by atoms with E-state index in [4.69, 9.17) is 27.9 Å². The number of amides is 1. The number of ether oxygens (including phenoxy) is 1. The van der Waals surface area contributed by atoms with Crippen molar-refractivity contribution < 1.29 is 28.6 Å². The van der Waals surface area contributed by atoms with E-state index >= 15 is 4.39 Å². The van der Waals surface area contributed by atoms with Crippen molar-refractivity contribution in [2.75, 3.05) is 7.11 Å². The molecule has 202 valence electrons. The summed E-state index contributed by atoms with van der Waals surface area (Å²) in [5.74, 6) is -3.38. The Labute approximate surface area is 238 Å². The molecule has 10 heteroatoms. The minimum absolute atomic E-state index is 0.0739. The highest BCUT2D eigenvalue weighted by Crippen LogP contribution is 2.51. The average Bonchev–Trinajstić information content (AvgIpc) is 3.21. The maximum Gasteiger partial charge on any atom is 0.305 e. The maximum absolute atomic E-state index is 16.2. The number of ketones is 1. The molecule has 5 rings (SSSR count). The molecular formula is C30H21Cl2FN2O5. The van der Waals surface area contributed by atoms with Crippen molar-refractivity contribution in [1.29, 1.82) is 0 Å². The summed E-state index contributed by atoms with van der Waals surface area (Å²) >= 11 is 12.2. The highest BCUT2D eigenvalue weighted by molar-refractivity contribution is 6.30. The molecule has 0 bridgehead atoms. The van der Waals surface area contributed by atoms with Gasteiger partial charge in [-0.1, -0.05) is 53.5 Å². The van der Waals surface area contributed by atoms with E-state index < -0.39 is 41.7 Å². The summed E-state index contributed by atoms with van der Waals surface area (Å²) in [6.07, 6.45) is 0.907. The number of rotatable bonds is 8. The predicted molar refractivity (Wildman–Crippen MR) is 146 cm³/mol. The fraction of sp³-hybridized carbons (Fsp3) is 0.133. The summed E-state index contributed by atoms with van der Waals surface area (Å²) in [6, 6.07) is 18.6. The minimum Gasteiger partial charge on any atom is -0.481 e. The predicted octanol–water partition coefficient (Wildman–Crippen LogP) is 6.28. The lowest BCUT2D eigenvalue weighted by Gasteiger charge is -2.42. The molecule has 1 aromatic heterocycles. The lowest BCUT2D eigenvalue weighted by Crippen LogP contribution is -2.49. The molecule has 0 fully saturated rings. The molecule has 0 aliphatic carbocycles. The lowest BCUT2D eigenvalue weighted by atomic mass is 9.89. The third-order valence-corrected chi connectivity index (χ3v) is 7.35. The van der Waals surface area contributed by atoms with Gasteiger partial charge in [-0.2, -0.15) is 0 Å². The Bertz CT molecular complexity index is 1610. The Morgan fingerprint density at radius 2 is 1.68 bits per heavy atom. The summed E-state index contributed by atoms with van der Waals surface area (Å²) < 4.78 is 22.2. The van der Waals surface area contributed by atoms with Gasteiger partial charge in [0, 0.05) is 34.5 Å². The van der Waals surface area contributed by atoms with Crippen molar-refractivity contribution in [3.05, 3.63) is 134 Å². The molecule has 0 saturated heterocycles. The van der Waals surface area contributed by atoms with Crippen molar-refractivity contribution >= 4 is 40.9 Å². The van der Waals surface area contributed by atoms with Gasteiger partial charge < -0.3 is 9.84 Å². The highest BCUT2D eigenvalue weighted by Gasteiger charge is 2.56. The Hall–Kier alpha value is -4.11. The van der Waals surface area contributed by atoms with Gasteiger partial charge in [0.2, 0.25) is 5.78 Å². The number of aliphatic carboxylic acids is 1. The molecule has 40 heavy (non-hydrogen) atoms. The van der Waals surface area contributed by atoms with Crippen molar-refractivity contribution in [2.45, 2.75) is 18.2 Å². The molecule has 0 saturated carbocycles. The Morgan fingerprint density at radius 3 is 2.25 bits per heavy atom. The van der Waals surface area contributed by atoms with Gasteiger partial charge in [-0.05, 0) is 54.1 Å². The molecule has 1 unspecified atom stereocenters. The first-order chi connectivity index (χ1) is 19.2. The molecule has 2 heterocycles. The molecule has 1 amide bonds. The van der Waals surface area contributed by atoms with E-state index in [-0.39, 0.29) is 22.4 Å². The highest BCUT2D eigenvalue weighted by atomic mass is 35.5. The van der Waals surface area contributed by atoms with Crippen LogP contribution in [0.1, 0.15) is 55.6 Å². The molecule has 4 aromatic rings. The summed E-state index contributed by atoms with van der Waals surface area (Å²) in [5, 5.41) is 10.7. The Balaban J connectivity index is 1.78. The van der Waals surface area contributed by atoms with Crippen LogP contribution in [0.4, 0.5) is 4.39 Å². The smallest absolute Gasteiger partial charge is 0.305 e. The van der Waals surface area contributed by atoms with Crippen molar-refractivity contribution in [2.24, 2.45) is 0 Å². The normalized spacial score (nSPS) is 17.0. The molecule has 1 aliphatic heterocycles. The van der Waals surface area contributed by atoms with Gasteiger partial charge in [-0.15, -0.1) is 0 Å². The fourth-order valence-corrected chi connectivity index (χ4v) is 5.39. The third kappa shape index (κ3) is 4.64. The number of methoxy groups -OCH3 is 1. The molecule has 1 aliphatic rings. The van der Waals surface area contributed by atoms with Crippen LogP contribution in [-0.4, -0.2) is 39.8 Å². The second-order valence-electron chi connectivity index (χ2n) is 9.12. The van der Waals surface area contributed by atoms with Crippen molar-refractivity contribution in [1.82, 2.24) is 9.88 Å². The van der Waals surface area contributed by atoms with Crippen LogP contribution in [0.5, 0.6) is 0 Å².